The van der Waals surface area contributed by atoms with Gasteiger partial charge < -0.3 is 9.88 Å². The topological polar surface area (TPSA) is 37.3 Å². The van der Waals surface area contributed by atoms with Crippen molar-refractivity contribution in [1.82, 2.24) is 14.8 Å². The lowest BCUT2D eigenvalue weighted by Gasteiger charge is -2.44. The van der Waals surface area contributed by atoms with Gasteiger partial charge in [0.15, 0.2) is 0 Å². The predicted molar refractivity (Wildman–Crippen MR) is 130 cm³/mol. The van der Waals surface area contributed by atoms with Crippen LogP contribution in [0, 0.1) is 0 Å². The number of benzene rings is 3. The van der Waals surface area contributed by atoms with E-state index in [-0.39, 0.29) is 11.3 Å². The molecule has 0 unspecified atom stereocenters. The molecule has 2 aliphatic heterocycles. The van der Waals surface area contributed by atoms with E-state index in [1.807, 2.05) is 0 Å². The van der Waals surface area contributed by atoms with Crippen molar-refractivity contribution in [2.45, 2.75) is 44.8 Å². The molecule has 1 fully saturated rings. The molecule has 0 saturated carbocycles. The molecule has 0 aliphatic carbocycles. The van der Waals surface area contributed by atoms with Crippen LogP contribution < -0.4 is 5.32 Å². The number of para-hydroxylation sites is 1. The molecule has 6 rings (SSSR count). The number of carbonyl (C=O) groups is 1. The second-order valence-corrected chi connectivity index (χ2v) is 9.31. The Hall–Kier alpha value is -3.11. The van der Waals surface area contributed by atoms with Crippen LogP contribution in [-0.2, 0) is 29.8 Å². The van der Waals surface area contributed by atoms with Crippen LogP contribution in [0.2, 0.25) is 0 Å². The Balaban J connectivity index is 1.26. The van der Waals surface area contributed by atoms with Gasteiger partial charge in [0, 0.05) is 41.4 Å². The lowest BCUT2D eigenvalue weighted by atomic mass is 9.68. The second-order valence-electron chi connectivity index (χ2n) is 9.31. The number of carbonyl (C=O) groups excluding carboxylic acids is 1. The zero-order valence-corrected chi connectivity index (χ0v) is 18.6. The zero-order valence-electron chi connectivity index (χ0n) is 18.6. The van der Waals surface area contributed by atoms with Crippen molar-refractivity contribution in [1.29, 1.82) is 0 Å². The SMILES string of the molecule is CCn1c2ccccc2c2ccc(CN3CCC4(CC3)C(=O)NCc3ccccc34)cc21. The maximum absolute atomic E-state index is 13.0. The second kappa shape index (κ2) is 7.49. The maximum Gasteiger partial charge on any atom is 0.231 e. The van der Waals surface area contributed by atoms with E-state index in [1.165, 1.54) is 38.5 Å². The van der Waals surface area contributed by atoms with Gasteiger partial charge in [0.05, 0.1) is 5.41 Å². The lowest BCUT2D eigenvalue weighted by molar-refractivity contribution is -0.129. The van der Waals surface area contributed by atoms with Crippen molar-refractivity contribution in [3.8, 4) is 0 Å². The van der Waals surface area contributed by atoms with E-state index < -0.39 is 0 Å². The number of hydrogen-bond donors (Lipinski definition) is 1. The van der Waals surface area contributed by atoms with Crippen LogP contribution in [0.15, 0.2) is 66.7 Å². The molecule has 0 bridgehead atoms. The van der Waals surface area contributed by atoms with Crippen LogP contribution in [0.25, 0.3) is 21.8 Å². The summed E-state index contributed by atoms with van der Waals surface area (Å²) in [7, 11) is 0. The third kappa shape index (κ3) is 2.90. The molecule has 1 saturated heterocycles. The van der Waals surface area contributed by atoms with Crippen LogP contribution in [0.4, 0.5) is 0 Å². The summed E-state index contributed by atoms with van der Waals surface area (Å²) in [6.07, 6.45) is 1.76. The molecule has 32 heavy (non-hydrogen) atoms. The first kappa shape index (κ1) is 19.6. The maximum atomic E-state index is 13.0. The fraction of sp³-hybridized carbons (Fsp3) is 0.321. The molecular formula is C28H29N3O. The predicted octanol–water partition coefficient (Wildman–Crippen LogP) is 4.98. The highest BCUT2D eigenvalue weighted by Crippen LogP contribution is 2.40. The summed E-state index contributed by atoms with van der Waals surface area (Å²) in [6.45, 7) is 6.66. The first-order chi connectivity index (χ1) is 15.7. The molecule has 3 aromatic carbocycles. The number of aryl methyl sites for hydroxylation is 1. The van der Waals surface area contributed by atoms with E-state index in [0.29, 0.717) is 6.54 Å². The highest BCUT2D eigenvalue weighted by molar-refractivity contribution is 6.08. The van der Waals surface area contributed by atoms with Crippen LogP contribution in [-0.4, -0.2) is 28.5 Å². The van der Waals surface area contributed by atoms with Gasteiger partial charge in [-0.05, 0) is 61.7 Å². The standard InChI is InChI=1S/C28H29N3O/c1-2-31-25-10-6-4-8-22(25)23-12-11-20(17-26(23)31)19-30-15-13-28(14-16-30)24-9-5-3-7-21(24)18-29-27(28)32/h3-12,17H,2,13-16,18-19H2,1H3,(H,29,32). The van der Waals surface area contributed by atoms with E-state index in [0.717, 1.165) is 39.0 Å². The van der Waals surface area contributed by atoms with Gasteiger partial charge in [-0.15, -0.1) is 0 Å². The molecule has 1 N–H and O–H groups in total. The van der Waals surface area contributed by atoms with Crippen LogP contribution in [0.5, 0.6) is 0 Å². The van der Waals surface area contributed by atoms with Gasteiger partial charge in [-0.3, -0.25) is 9.69 Å². The van der Waals surface area contributed by atoms with Crippen LogP contribution >= 0.6 is 0 Å². The molecule has 1 amide bonds. The molecule has 2 aliphatic rings. The number of nitrogens with zero attached hydrogens (tertiary/aromatic N) is 2. The van der Waals surface area contributed by atoms with Crippen molar-refractivity contribution in [3.63, 3.8) is 0 Å². The Morgan fingerprint density at radius 1 is 0.906 bits per heavy atom. The lowest BCUT2D eigenvalue weighted by Crippen LogP contribution is -2.54. The minimum atomic E-state index is -0.357. The van der Waals surface area contributed by atoms with Gasteiger partial charge >= 0.3 is 0 Å². The molecule has 4 nitrogen and oxygen atoms in total. The quantitative estimate of drug-likeness (QED) is 0.505. The number of rotatable bonds is 3. The van der Waals surface area contributed by atoms with Gasteiger partial charge in [-0.25, -0.2) is 0 Å². The third-order valence-electron chi connectivity index (χ3n) is 7.68. The molecule has 1 aromatic heterocycles. The van der Waals surface area contributed by atoms with Crippen molar-refractivity contribution >= 4 is 27.7 Å². The Labute approximate surface area is 188 Å². The Kier molecular flexibility index (Phi) is 4.58. The molecule has 4 heteroatoms. The number of aromatic nitrogens is 1. The molecule has 4 aromatic rings. The Morgan fingerprint density at radius 2 is 1.66 bits per heavy atom. The fourth-order valence-corrected chi connectivity index (χ4v) is 5.99. The van der Waals surface area contributed by atoms with Crippen molar-refractivity contribution < 1.29 is 4.79 Å². The average molecular weight is 424 g/mol. The smallest absolute Gasteiger partial charge is 0.231 e. The van der Waals surface area contributed by atoms with E-state index in [9.17, 15) is 4.79 Å². The van der Waals surface area contributed by atoms with Gasteiger partial charge in [0.1, 0.15) is 0 Å². The van der Waals surface area contributed by atoms with Gasteiger partial charge in [-0.2, -0.15) is 0 Å². The molecule has 1 spiro atoms. The summed E-state index contributed by atoms with van der Waals surface area (Å²) < 4.78 is 2.42. The number of nitrogens with one attached hydrogen (secondary N) is 1. The Morgan fingerprint density at radius 3 is 2.50 bits per heavy atom. The summed E-state index contributed by atoms with van der Waals surface area (Å²) >= 11 is 0. The van der Waals surface area contributed by atoms with Crippen molar-refractivity contribution in [2.24, 2.45) is 0 Å². The molecule has 162 valence electrons. The number of likely N-dealkylation sites (tertiary alicyclic amines) is 1. The highest BCUT2D eigenvalue weighted by Gasteiger charge is 2.45. The Bertz CT molecular complexity index is 1330. The fourth-order valence-electron chi connectivity index (χ4n) is 5.99. The normalized spacial score (nSPS) is 18.2. The van der Waals surface area contributed by atoms with E-state index >= 15 is 0 Å². The average Bonchev–Trinajstić information content (AvgIpc) is 3.16. The van der Waals surface area contributed by atoms with E-state index in [4.69, 9.17) is 0 Å². The molecule has 3 heterocycles. The first-order valence-corrected chi connectivity index (χ1v) is 11.8. The van der Waals surface area contributed by atoms with Crippen molar-refractivity contribution in [2.75, 3.05) is 13.1 Å². The molecular weight excluding hydrogens is 394 g/mol. The highest BCUT2D eigenvalue weighted by atomic mass is 16.2. The number of fused-ring (bicyclic) bond motifs is 5. The van der Waals surface area contributed by atoms with Crippen LogP contribution in [0.3, 0.4) is 0 Å². The first-order valence-electron chi connectivity index (χ1n) is 11.8. The van der Waals surface area contributed by atoms with Gasteiger partial charge in [0.2, 0.25) is 5.91 Å². The van der Waals surface area contributed by atoms with Crippen LogP contribution in [0.1, 0.15) is 36.5 Å². The minimum absolute atomic E-state index is 0.213. The van der Waals surface area contributed by atoms with Gasteiger partial charge in [0.25, 0.3) is 0 Å². The molecule has 0 atom stereocenters. The summed E-state index contributed by atoms with van der Waals surface area (Å²) in [5.74, 6) is 0.213. The summed E-state index contributed by atoms with van der Waals surface area (Å²) in [6, 6.07) is 24.1. The van der Waals surface area contributed by atoms with Gasteiger partial charge in [-0.1, -0.05) is 54.6 Å². The third-order valence-corrected chi connectivity index (χ3v) is 7.68. The summed E-state index contributed by atoms with van der Waals surface area (Å²) in [5, 5.41) is 5.81. The number of hydrogen-bond acceptors (Lipinski definition) is 2. The number of piperidine rings is 1. The largest absolute Gasteiger partial charge is 0.351 e. The van der Waals surface area contributed by atoms with Crippen molar-refractivity contribution in [3.05, 3.63) is 83.4 Å². The van der Waals surface area contributed by atoms with E-state index in [1.54, 1.807) is 0 Å². The molecule has 0 radical (unpaired) electrons. The zero-order chi connectivity index (χ0) is 21.7. The monoisotopic (exact) mass is 423 g/mol. The minimum Gasteiger partial charge on any atom is -0.351 e. The number of amides is 1. The summed E-state index contributed by atoms with van der Waals surface area (Å²) in [5.41, 5.74) is 6.14. The summed E-state index contributed by atoms with van der Waals surface area (Å²) in [4.78, 5) is 15.5. The van der Waals surface area contributed by atoms with E-state index in [2.05, 4.69) is 88.4 Å².